The summed E-state index contributed by atoms with van der Waals surface area (Å²) in [6.45, 7) is 2.18. The van der Waals surface area contributed by atoms with Crippen LogP contribution in [0.4, 0.5) is 0 Å². The van der Waals surface area contributed by atoms with Crippen LogP contribution in [0, 0.1) is 6.92 Å². The molecule has 0 atom stereocenters. The number of carbonyl (C=O) groups is 1. The smallest absolute Gasteiger partial charge is 0.339 e. The van der Waals surface area contributed by atoms with Gasteiger partial charge in [0.1, 0.15) is 17.9 Å². The largest absolute Gasteiger partial charge is 0.486 e. The summed E-state index contributed by atoms with van der Waals surface area (Å²) in [6, 6.07) is 5.02. The Kier molecular flexibility index (Phi) is 3.39. The molecule has 0 bridgehead atoms. The molecule has 1 N–H and O–H groups in total. The first kappa shape index (κ1) is 11.6. The third-order valence-corrected chi connectivity index (χ3v) is 2.86. The molecule has 0 fully saturated rings. The molecule has 4 nitrogen and oxygen atoms in total. The molecule has 1 aromatic carbocycles. The molecule has 0 aliphatic heterocycles. The van der Waals surface area contributed by atoms with Crippen molar-refractivity contribution in [3.8, 4) is 5.75 Å². The Morgan fingerprint density at radius 1 is 1.53 bits per heavy atom. The predicted molar refractivity (Wildman–Crippen MR) is 64.6 cm³/mol. The average Bonchev–Trinajstić information content (AvgIpc) is 2.78. The highest BCUT2D eigenvalue weighted by atomic mass is 32.1. The van der Waals surface area contributed by atoms with Gasteiger partial charge in [0.2, 0.25) is 0 Å². The number of hydrogen-bond acceptors (Lipinski definition) is 4. The number of aromatic nitrogens is 1. The van der Waals surface area contributed by atoms with Crippen molar-refractivity contribution in [2.24, 2.45) is 0 Å². The Morgan fingerprint density at radius 2 is 2.35 bits per heavy atom. The summed E-state index contributed by atoms with van der Waals surface area (Å²) in [7, 11) is 0. The zero-order chi connectivity index (χ0) is 12.3. The lowest BCUT2D eigenvalue weighted by molar-refractivity contribution is 0.0691. The van der Waals surface area contributed by atoms with Crippen LogP contribution in [-0.4, -0.2) is 16.1 Å². The summed E-state index contributed by atoms with van der Waals surface area (Å²) in [6.07, 6.45) is 0. The zero-order valence-corrected chi connectivity index (χ0v) is 10.0. The summed E-state index contributed by atoms with van der Waals surface area (Å²) in [5, 5.41) is 10.9. The van der Waals surface area contributed by atoms with Crippen molar-refractivity contribution < 1.29 is 14.6 Å². The molecule has 0 aliphatic carbocycles. The van der Waals surface area contributed by atoms with E-state index < -0.39 is 5.97 Å². The molecule has 1 aromatic heterocycles. The van der Waals surface area contributed by atoms with Crippen molar-refractivity contribution >= 4 is 17.3 Å². The van der Waals surface area contributed by atoms with Gasteiger partial charge in [-0.1, -0.05) is 6.07 Å². The number of carboxylic acids is 1. The second kappa shape index (κ2) is 4.97. The van der Waals surface area contributed by atoms with Gasteiger partial charge >= 0.3 is 5.97 Å². The molecule has 0 amide bonds. The zero-order valence-electron chi connectivity index (χ0n) is 9.21. The van der Waals surface area contributed by atoms with Crippen molar-refractivity contribution in [2.45, 2.75) is 13.5 Å². The normalized spacial score (nSPS) is 10.2. The third kappa shape index (κ3) is 2.82. The van der Waals surface area contributed by atoms with E-state index in [4.69, 9.17) is 9.84 Å². The van der Waals surface area contributed by atoms with E-state index in [1.54, 1.807) is 23.7 Å². The lowest BCUT2D eigenvalue weighted by atomic mass is 10.1. The van der Waals surface area contributed by atoms with Gasteiger partial charge in [-0.2, -0.15) is 0 Å². The Hall–Kier alpha value is -1.88. The summed E-state index contributed by atoms with van der Waals surface area (Å²) >= 11 is 1.48. The molecule has 0 unspecified atom stereocenters. The van der Waals surface area contributed by atoms with Gasteiger partial charge in [0.25, 0.3) is 0 Å². The molecule has 5 heteroatoms. The number of benzene rings is 1. The van der Waals surface area contributed by atoms with Crippen LogP contribution < -0.4 is 4.74 Å². The topological polar surface area (TPSA) is 59.4 Å². The van der Waals surface area contributed by atoms with Gasteiger partial charge < -0.3 is 9.84 Å². The van der Waals surface area contributed by atoms with E-state index in [-0.39, 0.29) is 12.2 Å². The highest BCUT2D eigenvalue weighted by Gasteiger charge is 2.11. The molecule has 0 radical (unpaired) electrons. The Bertz CT molecular complexity index is 523. The van der Waals surface area contributed by atoms with E-state index in [2.05, 4.69) is 4.98 Å². The van der Waals surface area contributed by atoms with Crippen molar-refractivity contribution in [2.75, 3.05) is 0 Å². The van der Waals surface area contributed by atoms with Crippen LogP contribution in [0.2, 0.25) is 0 Å². The van der Waals surface area contributed by atoms with Crippen molar-refractivity contribution in [3.63, 3.8) is 0 Å². The summed E-state index contributed by atoms with van der Waals surface area (Å²) in [4.78, 5) is 15.1. The SMILES string of the molecule is Cc1ccc(C(=O)O)c(OCc2cscn2)c1. The molecule has 0 spiro atoms. The Balaban J connectivity index is 2.19. The van der Waals surface area contributed by atoms with Crippen LogP contribution in [0.3, 0.4) is 0 Å². The van der Waals surface area contributed by atoms with E-state index in [1.165, 1.54) is 11.3 Å². The van der Waals surface area contributed by atoms with Gasteiger partial charge in [0.15, 0.2) is 0 Å². The Labute approximate surface area is 103 Å². The van der Waals surface area contributed by atoms with Crippen LogP contribution in [-0.2, 0) is 6.61 Å². The van der Waals surface area contributed by atoms with Gasteiger partial charge in [-0.05, 0) is 24.6 Å². The number of hydrogen-bond donors (Lipinski definition) is 1. The molecule has 0 saturated heterocycles. The Morgan fingerprint density at radius 3 is 3.00 bits per heavy atom. The fraction of sp³-hybridized carbons (Fsp3) is 0.167. The van der Waals surface area contributed by atoms with E-state index >= 15 is 0 Å². The molecule has 88 valence electrons. The van der Waals surface area contributed by atoms with Crippen LogP contribution in [0.5, 0.6) is 5.75 Å². The fourth-order valence-corrected chi connectivity index (χ4v) is 1.93. The molecular formula is C12H11NO3S. The third-order valence-electron chi connectivity index (χ3n) is 2.23. The minimum absolute atomic E-state index is 0.172. The van der Waals surface area contributed by atoms with Gasteiger partial charge in [-0.15, -0.1) is 11.3 Å². The van der Waals surface area contributed by atoms with Gasteiger partial charge in [-0.25, -0.2) is 9.78 Å². The van der Waals surface area contributed by atoms with E-state index in [1.807, 2.05) is 12.3 Å². The molecule has 2 rings (SSSR count). The molecule has 0 saturated carbocycles. The number of nitrogens with zero attached hydrogens (tertiary/aromatic N) is 1. The number of aryl methyl sites for hydroxylation is 1. The number of carboxylic acid groups (broad SMARTS) is 1. The summed E-state index contributed by atoms with van der Waals surface area (Å²) in [5.41, 5.74) is 3.65. The van der Waals surface area contributed by atoms with E-state index in [0.29, 0.717) is 5.75 Å². The first-order valence-electron chi connectivity index (χ1n) is 5.00. The highest BCUT2D eigenvalue weighted by molar-refractivity contribution is 7.07. The van der Waals surface area contributed by atoms with Crippen molar-refractivity contribution in [1.29, 1.82) is 0 Å². The van der Waals surface area contributed by atoms with Crippen molar-refractivity contribution in [1.82, 2.24) is 4.98 Å². The molecular weight excluding hydrogens is 238 g/mol. The second-order valence-corrected chi connectivity index (χ2v) is 4.29. The maximum absolute atomic E-state index is 11.0. The average molecular weight is 249 g/mol. The first-order chi connectivity index (χ1) is 8.16. The maximum atomic E-state index is 11.0. The quantitative estimate of drug-likeness (QED) is 0.905. The highest BCUT2D eigenvalue weighted by Crippen LogP contribution is 2.21. The van der Waals surface area contributed by atoms with Crippen LogP contribution in [0.15, 0.2) is 29.1 Å². The molecule has 17 heavy (non-hydrogen) atoms. The standard InChI is InChI=1S/C12H11NO3S/c1-8-2-3-10(12(14)15)11(4-8)16-5-9-6-17-7-13-9/h2-4,6-7H,5H2,1H3,(H,14,15). The first-order valence-corrected chi connectivity index (χ1v) is 5.95. The monoisotopic (exact) mass is 249 g/mol. The van der Waals surface area contributed by atoms with Crippen molar-refractivity contribution in [3.05, 3.63) is 45.9 Å². The number of ether oxygens (including phenoxy) is 1. The molecule has 0 aliphatic rings. The van der Waals surface area contributed by atoms with Crippen LogP contribution in [0.1, 0.15) is 21.6 Å². The van der Waals surface area contributed by atoms with E-state index in [0.717, 1.165) is 11.3 Å². The lowest BCUT2D eigenvalue weighted by Gasteiger charge is -2.08. The van der Waals surface area contributed by atoms with Gasteiger partial charge in [-0.3, -0.25) is 0 Å². The number of rotatable bonds is 4. The maximum Gasteiger partial charge on any atom is 0.339 e. The molecule has 2 aromatic rings. The second-order valence-electron chi connectivity index (χ2n) is 3.57. The summed E-state index contributed by atoms with van der Waals surface area (Å²) in [5.74, 6) is -0.608. The number of thiazole rings is 1. The fourth-order valence-electron chi connectivity index (χ4n) is 1.39. The van der Waals surface area contributed by atoms with Crippen LogP contribution >= 0.6 is 11.3 Å². The van der Waals surface area contributed by atoms with Crippen LogP contribution in [0.25, 0.3) is 0 Å². The summed E-state index contributed by atoms with van der Waals surface area (Å²) < 4.78 is 5.49. The van der Waals surface area contributed by atoms with Gasteiger partial charge in [0.05, 0.1) is 11.2 Å². The minimum atomic E-state index is -0.988. The van der Waals surface area contributed by atoms with E-state index in [9.17, 15) is 4.79 Å². The van der Waals surface area contributed by atoms with Gasteiger partial charge in [0, 0.05) is 5.38 Å². The lowest BCUT2D eigenvalue weighted by Crippen LogP contribution is -2.03. The predicted octanol–water partition coefficient (Wildman–Crippen LogP) is 2.73. The number of aromatic carboxylic acids is 1. The molecule has 1 heterocycles. The minimum Gasteiger partial charge on any atom is -0.486 e.